The van der Waals surface area contributed by atoms with Crippen molar-refractivity contribution in [3.63, 3.8) is 0 Å². The van der Waals surface area contributed by atoms with Crippen LogP contribution in [-0.4, -0.2) is 13.1 Å². The van der Waals surface area contributed by atoms with Gasteiger partial charge in [0.05, 0.1) is 5.02 Å². The second kappa shape index (κ2) is 6.63. The van der Waals surface area contributed by atoms with Crippen molar-refractivity contribution >= 4 is 11.6 Å². The summed E-state index contributed by atoms with van der Waals surface area (Å²) in [6.45, 7) is 1.77. The maximum Gasteiger partial charge on any atom is 0.142 e. The number of hydrogen-bond acceptors (Lipinski definition) is 2. The second-order valence-electron chi connectivity index (χ2n) is 5.29. The predicted molar refractivity (Wildman–Crippen MR) is 82.4 cm³/mol. The highest BCUT2D eigenvalue weighted by atomic mass is 35.5. The molecule has 2 nitrogen and oxygen atoms in total. The molecule has 2 aromatic rings. The van der Waals surface area contributed by atoms with E-state index in [1.54, 1.807) is 12.1 Å². The topological polar surface area (TPSA) is 21.3 Å². The zero-order chi connectivity index (χ0) is 15.5. The van der Waals surface area contributed by atoms with E-state index in [0.29, 0.717) is 24.2 Å². The molecule has 0 unspecified atom stereocenters. The first-order valence-corrected chi connectivity index (χ1v) is 7.60. The van der Waals surface area contributed by atoms with E-state index in [0.717, 1.165) is 24.2 Å². The van der Waals surface area contributed by atoms with Gasteiger partial charge >= 0.3 is 0 Å². The molecule has 0 spiro atoms. The molecule has 116 valence electrons. The van der Waals surface area contributed by atoms with Gasteiger partial charge in [-0.3, -0.25) is 0 Å². The predicted octanol–water partition coefficient (Wildman–Crippen LogP) is 3.89. The minimum atomic E-state index is -0.288. The second-order valence-corrected chi connectivity index (χ2v) is 5.70. The molecule has 5 heteroatoms. The van der Waals surface area contributed by atoms with Crippen LogP contribution in [0.3, 0.4) is 0 Å². The third-order valence-corrected chi connectivity index (χ3v) is 4.08. The first-order valence-electron chi connectivity index (χ1n) is 7.23. The quantitative estimate of drug-likeness (QED) is 0.925. The van der Waals surface area contributed by atoms with E-state index in [1.807, 2.05) is 0 Å². The summed E-state index contributed by atoms with van der Waals surface area (Å²) in [5, 5.41) is 3.52. The van der Waals surface area contributed by atoms with Gasteiger partial charge in [-0.05, 0) is 55.3 Å². The Hall–Kier alpha value is -1.65. The standard InChI is InChI=1S/C17H16ClF2NO/c18-15-9-16(20)13-5-7-21-8-6-14(13)17(15)22-10-11-1-3-12(19)4-2-11/h1-4,9,21H,5-8,10H2. The number of rotatable bonds is 3. The highest BCUT2D eigenvalue weighted by molar-refractivity contribution is 6.32. The molecule has 3 rings (SSSR count). The molecular weight excluding hydrogens is 308 g/mol. The molecule has 1 N–H and O–H groups in total. The molecule has 0 bridgehead atoms. The smallest absolute Gasteiger partial charge is 0.142 e. The molecule has 0 fully saturated rings. The first kappa shape index (κ1) is 15.3. The van der Waals surface area contributed by atoms with Gasteiger partial charge in [0.2, 0.25) is 0 Å². The Labute approximate surface area is 133 Å². The lowest BCUT2D eigenvalue weighted by Crippen LogP contribution is -2.16. The monoisotopic (exact) mass is 323 g/mol. The molecule has 1 aliphatic heterocycles. The molecule has 2 aromatic carbocycles. The molecule has 0 amide bonds. The van der Waals surface area contributed by atoms with Crippen molar-refractivity contribution < 1.29 is 13.5 Å². The van der Waals surface area contributed by atoms with E-state index in [4.69, 9.17) is 16.3 Å². The Morgan fingerprint density at radius 3 is 2.45 bits per heavy atom. The summed E-state index contributed by atoms with van der Waals surface area (Å²) >= 11 is 6.17. The molecular formula is C17H16ClF2NO. The lowest BCUT2D eigenvalue weighted by molar-refractivity contribution is 0.302. The van der Waals surface area contributed by atoms with Crippen LogP contribution in [0, 0.1) is 11.6 Å². The SMILES string of the molecule is Fc1ccc(COc2c(Cl)cc(F)c3c2CCNCC3)cc1. The van der Waals surface area contributed by atoms with Crippen LogP contribution in [0.25, 0.3) is 0 Å². The fourth-order valence-corrected chi connectivity index (χ4v) is 2.93. The van der Waals surface area contributed by atoms with E-state index in [-0.39, 0.29) is 23.3 Å². The van der Waals surface area contributed by atoms with E-state index in [9.17, 15) is 8.78 Å². The molecule has 0 aliphatic carbocycles. The van der Waals surface area contributed by atoms with Crippen molar-refractivity contribution in [2.75, 3.05) is 13.1 Å². The lowest BCUT2D eigenvalue weighted by atomic mass is 10.0. The highest BCUT2D eigenvalue weighted by Crippen LogP contribution is 2.35. The van der Waals surface area contributed by atoms with Gasteiger partial charge in [0.1, 0.15) is 24.0 Å². The van der Waals surface area contributed by atoms with Crippen LogP contribution >= 0.6 is 11.6 Å². The molecule has 0 saturated carbocycles. The fraction of sp³-hybridized carbons (Fsp3) is 0.294. The van der Waals surface area contributed by atoms with Crippen LogP contribution < -0.4 is 10.1 Å². The summed E-state index contributed by atoms with van der Waals surface area (Å²) in [6.07, 6.45) is 1.29. The summed E-state index contributed by atoms with van der Waals surface area (Å²) in [5.41, 5.74) is 2.34. The number of nitrogens with one attached hydrogen (secondary N) is 1. The van der Waals surface area contributed by atoms with Crippen LogP contribution in [0.5, 0.6) is 5.75 Å². The average Bonchev–Trinajstić information content (AvgIpc) is 2.75. The number of benzene rings is 2. The van der Waals surface area contributed by atoms with Gasteiger partial charge in [-0.25, -0.2) is 8.78 Å². The highest BCUT2D eigenvalue weighted by Gasteiger charge is 2.20. The van der Waals surface area contributed by atoms with Crippen molar-refractivity contribution in [2.24, 2.45) is 0 Å². The first-order chi connectivity index (χ1) is 10.6. The summed E-state index contributed by atoms with van der Waals surface area (Å²) in [6, 6.07) is 7.40. The van der Waals surface area contributed by atoms with Gasteiger partial charge in [-0.2, -0.15) is 0 Å². The van der Waals surface area contributed by atoms with Crippen molar-refractivity contribution in [1.82, 2.24) is 5.32 Å². The van der Waals surface area contributed by atoms with Crippen molar-refractivity contribution in [3.8, 4) is 5.75 Å². The van der Waals surface area contributed by atoms with Crippen LogP contribution in [0.4, 0.5) is 8.78 Å². The lowest BCUT2D eigenvalue weighted by Gasteiger charge is -2.16. The molecule has 22 heavy (non-hydrogen) atoms. The molecule has 0 aromatic heterocycles. The zero-order valence-electron chi connectivity index (χ0n) is 12.0. The third-order valence-electron chi connectivity index (χ3n) is 3.80. The summed E-state index contributed by atoms with van der Waals surface area (Å²) < 4.78 is 32.8. The number of hydrogen-bond donors (Lipinski definition) is 1. The Balaban J connectivity index is 1.88. The maximum atomic E-state index is 14.1. The Morgan fingerprint density at radius 2 is 1.73 bits per heavy atom. The van der Waals surface area contributed by atoms with Crippen LogP contribution in [0.15, 0.2) is 30.3 Å². The van der Waals surface area contributed by atoms with Gasteiger partial charge in [0.25, 0.3) is 0 Å². The number of fused-ring (bicyclic) bond motifs is 1. The van der Waals surface area contributed by atoms with Crippen molar-refractivity contribution in [3.05, 3.63) is 63.7 Å². The van der Waals surface area contributed by atoms with Crippen LogP contribution in [0.2, 0.25) is 5.02 Å². The van der Waals surface area contributed by atoms with E-state index < -0.39 is 0 Å². The van der Waals surface area contributed by atoms with Gasteiger partial charge in [0, 0.05) is 5.56 Å². The summed E-state index contributed by atoms with van der Waals surface area (Å²) in [5.74, 6) is -0.0348. The van der Waals surface area contributed by atoms with Gasteiger partial charge < -0.3 is 10.1 Å². The average molecular weight is 324 g/mol. The Kier molecular flexibility index (Phi) is 4.60. The minimum absolute atomic E-state index is 0.269. The van der Waals surface area contributed by atoms with Crippen LogP contribution in [0.1, 0.15) is 16.7 Å². The maximum absolute atomic E-state index is 14.1. The minimum Gasteiger partial charge on any atom is -0.487 e. The number of ether oxygens (including phenoxy) is 1. The molecule has 0 saturated heterocycles. The van der Waals surface area contributed by atoms with Crippen molar-refractivity contribution in [2.45, 2.75) is 19.4 Å². The summed E-state index contributed by atoms with van der Waals surface area (Å²) in [4.78, 5) is 0. The molecule has 0 atom stereocenters. The van der Waals surface area contributed by atoms with Gasteiger partial charge in [-0.15, -0.1) is 0 Å². The number of halogens is 3. The van der Waals surface area contributed by atoms with E-state index in [1.165, 1.54) is 18.2 Å². The Bertz CT molecular complexity index is 673. The Morgan fingerprint density at radius 1 is 1.05 bits per heavy atom. The molecule has 0 radical (unpaired) electrons. The zero-order valence-corrected chi connectivity index (χ0v) is 12.7. The van der Waals surface area contributed by atoms with Gasteiger partial charge in [-0.1, -0.05) is 23.7 Å². The largest absolute Gasteiger partial charge is 0.487 e. The fourth-order valence-electron chi connectivity index (χ4n) is 2.67. The molecule has 1 aliphatic rings. The normalized spacial score (nSPS) is 14.3. The van der Waals surface area contributed by atoms with Gasteiger partial charge in [0.15, 0.2) is 0 Å². The van der Waals surface area contributed by atoms with Crippen molar-refractivity contribution in [1.29, 1.82) is 0 Å². The third kappa shape index (κ3) is 3.23. The summed E-state index contributed by atoms with van der Waals surface area (Å²) in [7, 11) is 0. The molecule has 1 heterocycles. The van der Waals surface area contributed by atoms with E-state index >= 15 is 0 Å². The van der Waals surface area contributed by atoms with Crippen LogP contribution in [-0.2, 0) is 19.4 Å². The van der Waals surface area contributed by atoms with E-state index in [2.05, 4.69) is 5.32 Å².